The first kappa shape index (κ1) is 38.1. The van der Waals surface area contributed by atoms with Crippen LogP contribution in [-0.4, -0.2) is 9.97 Å². The normalized spacial score (nSPS) is 11.1. The largest absolute Gasteiger partial charge is 0.453 e. The standard InChI is InChI=1S/C56H38N4O4/c1-3-11-43(12-4-1)47-29-31-49(61-47)51-33-35-55(63-51)59(53-15-7-9-37-57-53)45-25-21-41(22-26-45)39-17-19-40(20-18-39)42-23-27-46(28-24-42)60(54-16-8-10-38-58-54)56-36-34-52(64-56)50-32-30-48(62-50)44-13-5-2-6-14-44/h1-38H. The zero-order valence-electron chi connectivity index (χ0n) is 34.4. The van der Waals surface area contributed by atoms with Gasteiger partial charge >= 0.3 is 0 Å². The number of furan rings is 4. The van der Waals surface area contributed by atoms with Crippen LogP contribution in [0.1, 0.15) is 0 Å². The summed E-state index contributed by atoms with van der Waals surface area (Å²) < 4.78 is 25.3. The van der Waals surface area contributed by atoms with Crippen LogP contribution in [0.5, 0.6) is 0 Å². The second-order valence-electron chi connectivity index (χ2n) is 15.1. The molecule has 0 aliphatic rings. The number of aromatic nitrogens is 2. The Balaban J connectivity index is 0.819. The van der Waals surface area contributed by atoms with Crippen LogP contribution in [0.2, 0.25) is 0 Å². The lowest BCUT2D eigenvalue weighted by Crippen LogP contribution is -2.10. The topological polar surface area (TPSA) is 84.8 Å². The molecule has 5 aromatic carbocycles. The van der Waals surface area contributed by atoms with E-state index < -0.39 is 0 Å². The molecular weight excluding hydrogens is 793 g/mol. The third-order valence-corrected chi connectivity index (χ3v) is 11.0. The first-order chi connectivity index (χ1) is 31.7. The van der Waals surface area contributed by atoms with Gasteiger partial charge in [-0.05, 0) is 107 Å². The van der Waals surface area contributed by atoms with E-state index in [1.165, 1.54) is 0 Å². The van der Waals surface area contributed by atoms with Crippen LogP contribution in [0.3, 0.4) is 0 Å². The van der Waals surface area contributed by atoms with Crippen LogP contribution in [0.15, 0.2) is 248 Å². The number of rotatable bonds is 12. The molecule has 0 saturated heterocycles. The number of hydrogen-bond donors (Lipinski definition) is 0. The summed E-state index contributed by atoms with van der Waals surface area (Å²) in [6, 6.07) is 72.8. The van der Waals surface area contributed by atoms with E-state index in [-0.39, 0.29) is 0 Å². The molecule has 8 nitrogen and oxygen atoms in total. The minimum absolute atomic E-state index is 0.623. The summed E-state index contributed by atoms with van der Waals surface area (Å²) >= 11 is 0. The average molecular weight is 831 g/mol. The summed E-state index contributed by atoms with van der Waals surface area (Å²) in [5.41, 5.74) is 8.22. The zero-order valence-corrected chi connectivity index (χ0v) is 34.4. The van der Waals surface area contributed by atoms with E-state index in [1.54, 1.807) is 12.4 Å². The minimum Gasteiger partial charge on any atom is -0.453 e. The molecule has 306 valence electrons. The van der Waals surface area contributed by atoms with E-state index in [2.05, 4.69) is 82.8 Å². The Kier molecular flexibility index (Phi) is 10.0. The molecule has 11 aromatic rings. The van der Waals surface area contributed by atoms with Crippen molar-refractivity contribution in [2.75, 3.05) is 9.80 Å². The van der Waals surface area contributed by atoms with E-state index in [1.807, 2.05) is 155 Å². The molecule has 0 spiro atoms. The van der Waals surface area contributed by atoms with Gasteiger partial charge in [0.2, 0.25) is 11.8 Å². The third-order valence-electron chi connectivity index (χ3n) is 11.0. The molecule has 0 N–H and O–H groups in total. The van der Waals surface area contributed by atoms with Gasteiger partial charge in [0.05, 0.1) is 11.4 Å². The number of pyridine rings is 2. The molecule has 0 fully saturated rings. The second kappa shape index (κ2) is 16.9. The summed E-state index contributed by atoms with van der Waals surface area (Å²) in [5, 5.41) is 0. The number of nitrogens with zero attached hydrogens (tertiary/aromatic N) is 4. The van der Waals surface area contributed by atoms with Crippen LogP contribution in [0, 0.1) is 0 Å². The van der Waals surface area contributed by atoms with Crippen LogP contribution in [0.4, 0.5) is 34.8 Å². The van der Waals surface area contributed by atoms with Crippen LogP contribution < -0.4 is 9.80 Å². The van der Waals surface area contributed by atoms with Gasteiger partial charge in [0.1, 0.15) is 23.2 Å². The highest BCUT2D eigenvalue weighted by atomic mass is 16.4. The van der Waals surface area contributed by atoms with Crippen LogP contribution in [-0.2, 0) is 0 Å². The highest BCUT2D eigenvalue weighted by molar-refractivity contribution is 5.79. The number of benzene rings is 5. The van der Waals surface area contributed by atoms with Gasteiger partial charge in [0, 0.05) is 35.7 Å². The van der Waals surface area contributed by atoms with Gasteiger partial charge in [-0.2, -0.15) is 0 Å². The van der Waals surface area contributed by atoms with E-state index in [4.69, 9.17) is 17.7 Å². The Morgan fingerprint density at radius 3 is 0.953 bits per heavy atom. The minimum atomic E-state index is 0.623. The maximum Gasteiger partial charge on any atom is 0.206 e. The Bertz CT molecular complexity index is 3020. The quantitative estimate of drug-likeness (QED) is 0.120. The molecule has 0 unspecified atom stereocenters. The molecule has 8 heteroatoms. The zero-order chi connectivity index (χ0) is 42.7. The van der Waals surface area contributed by atoms with Crippen molar-refractivity contribution < 1.29 is 17.7 Å². The predicted molar refractivity (Wildman–Crippen MR) is 253 cm³/mol. The lowest BCUT2D eigenvalue weighted by molar-refractivity contribution is 0.535. The Hall–Kier alpha value is -8.88. The molecule has 0 saturated carbocycles. The molecule has 6 aromatic heterocycles. The molecule has 11 rings (SSSR count). The SMILES string of the molecule is c1ccc(-c2ccc(-c3ccc(N(c4ccc(-c5ccc(-c6ccc(N(c7ccccn7)c7ccc(-c8ccc(-c9ccccc9)o8)o7)cc6)cc5)cc4)c4ccccn4)o3)o2)cc1. The Morgan fingerprint density at radius 2 is 0.578 bits per heavy atom. The lowest BCUT2D eigenvalue weighted by Gasteiger charge is -2.21. The molecule has 0 aliphatic heterocycles. The third kappa shape index (κ3) is 7.67. The highest BCUT2D eigenvalue weighted by Crippen LogP contribution is 2.41. The van der Waals surface area contributed by atoms with Gasteiger partial charge in [-0.3, -0.25) is 9.80 Å². The van der Waals surface area contributed by atoms with Gasteiger partial charge in [-0.1, -0.05) is 121 Å². The summed E-state index contributed by atoms with van der Waals surface area (Å²) in [5.74, 6) is 6.85. The first-order valence-electron chi connectivity index (χ1n) is 20.9. The van der Waals surface area contributed by atoms with Crippen LogP contribution in [0.25, 0.3) is 67.9 Å². The van der Waals surface area contributed by atoms with E-state index in [0.717, 1.165) is 67.9 Å². The van der Waals surface area contributed by atoms with Crippen molar-refractivity contribution in [3.63, 3.8) is 0 Å². The predicted octanol–water partition coefficient (Wildman–Crippen LogP) is 15.8. The molecule has 0 radical (unpaired) electrons. The van der Waals surface area contributed by atoms with Gasteiger partial charge in [0.15, 0.2) is 23.0 Å². The second-order valence-corrected chi connectivity index (χ2v) is 15.1. The molecular formula is C56H38N4O4. The van der Waals surface area contributed by atoms with Crippen molar-refractivity contribution in [2.45, 2.75) is 0 Å². The average Bonchev–Trinajstić information content (AvgIpc) is 4.23. The maximum atomic E-state index is 6.43. The Morgan fingerprint density at radius 1 is 0.250 bits per heavy atom. The first-order valence-corrected chi connectivity index (χ1v) is 20.9. The molecule has 0 amide bonds. The number of anilines is 6. The highest BCUT2D eigenvalue weighted by Gasteiger charge is 2.21. The maximum absolute atomic E-state index is 6.43. The van der Waals surface area contributed by atoms with Gasteiger partial charge < -0.3 is 17.7 Å². The van der Waals surface area contributed by atoms with Gasteiger partial charge in [-0.25, -0.2) is 9.97 Å². The molecule has 0 bridgehead atoms. The molecule has 64 heavy (non-hydrogen) atoms. The fourth-order valence-electron chi connectivity index (χ4n) is 7.79. The molecule has 0 atom stereocenters. The summed E-state index contributed by atoms with van der Waals surface area (Å²) in [6.07, 6.45) is 3.56. The summed E-state index contributed by atoms with van der Waals surface area (Å²) in [4.78, 5) is 13.3. The fraction of sp³-hybridized carbons (Fsp3) is 0. The monoisotopic (exact) mass is 830 g/mol. The summed E-state index contributed by atoms with van der Waals surface area (Å²) in [6.45, 7) is 0. The van der Waals surface area contributed by atoms with Crippen LogP contribution >= 0.6 is 0 Å². The molecule has 0 aliphatic carbocycles. The summed E-state index contributed by atoms with van der Waals surface area (Å²) in [7, 11) is 0. The van der Waals surface area contributed by atoms with Crippen molar-refractivity contribution in [1.29, 1.82) is 0 Å². The van der Waals surface area contributed by atoms with Crippen molar-refractivity contribution in [3.05, 3.63) is 231 Å². The van der Waals surface area contributed by atoms with Crippen molar-refractivity contribution in [1.82, 2.24) is 9.97 Å². The van der Waals surface area contributed by atoms with Gasteiger partial charge in [0.25, 0.3) is 0 Å². The molecule has 6 heterocycles. The van der Waals surface area contributed by atoms with E-state index >= 15 is 0 Å². The van der Waals surface area contributed by atoms with Crippen molar-refractivity contribution in [3.8, 4) is 67.9 Å². The smallest absolute Gasteiger partial charge is 0.206 e. The van der Waals surface area contributed by atoms with Crippen molar-refractivity contribution in [2.24, 2.45) is 0 Å². The fourth-order valence-corrected chi connectivity index (χ4v) is 7.79. The van der Waals surface area contributed by atoms with E-state index in [9.17, 15) is 0 Å². The van der Waals surface area contributed by atoms with Crippen molar-refractivity contribution >= 4 is 34.8 Å². The lowest BCUT2D eigenvalue weighted by atomic mass is 10.00. The Labute approximate surface area is 369 Å². The number of hydrogen-bond acceptors (Lipinski definition) is 8. The van der Waals surface area contributed by atoms with E-state index in [0.29, 0.717) is 34.8 Å². The van der Waals surface area contributed by atoms with Gasteiger partial charge in [-0.15, -0.1) is 0 Å².